The zero-order valence-corrected chi connectivity index (χ0v) is 19.2. The van der Waals surface area contributed by atoms with E-state index in [1.807, 2.05) is 24.3 Å². The predicted molar refractivity (Wildman–Crippen MR) is 129 cm³/mol. The van der Waals surface area contributed by atoms with Crippen LogP contribution in [0.5, 0.6) is 5.75 Å². The summed E-state index contributed by atoms with van der Waals surface area (Å²) in [7, 11) is 0. The van der Waals surface area contributed by atoms with Gasteiger partial charge in [-0.3, -0.25) is 0 Å². The van der Waals surface area contributed by atoms with E-state index in [-0.39, 0.29) is 6.10 Å². The quantitative estimate of drug-likeness (QED) is 0.555. The van der Waals surface area contributed by atoms with Gasteiger partial charge in [-0.25, -0.2) is 9.97 Å². The minimum Gasteiger partial charge on any atom is -0.489 e. The first-order chi connectivity index (χ1) is 16.8. The third-order valence-electron chi connectivity index (χ3n) is 6.21. The molecule has 1 aromatic heterocycles. The zero-order valence-electron chi connectivity index (χ0n) is 19.2. The number of benzene rings is 2. The van der Waals surface area contributed by atoms with Gasteiger partial charge < -0.3 is 19.1 Å². The van der Waals surface area contributed by atoms with Gasteiger partial charge in [0.05, 0.1) is 37.7 Å². The van der Waals surface area contributed by atoms with Gasteiger partial charge in [0.2, 0.25) is 0 Å². The van der Waals surface area contributed by atoms with Gasteiger partial charge in [0.1, 0.15) is 23.7 Å². The molecule has 34 heavy (non-hydrogen) atoms. The van der Waals surface area contributed by atoms with Gasteiger partial charge in [-0.15, -0.1) is 0 Å². The number of ether oxygens (including phenoxy) is 3. The second-order valence-electron chi connectivity index (χ2n) is 8.56. The molecule has 0 atom stereocenters. The molecule has 2 fully saturated rings. The Kier molecular flexibility index (Phi) is 6.99. The molecule has 0 spiro atoms. The highest BCUT2D eigenvalue weighted by molar-refractivity contribution is 5.64. The lowest BCUT2D eigenvalue weighted by molar-refractivity contribution is 0.0254. The molecule has 2 aliphatic rings. The summed E-state index contributed by atoms with van der Waals surface area (Å²) >= 11 is 0. The summed E-state index contributed by atoms with van der Waals surface area (Å²) < 4.78 is 16.9. The molecule has 0 amide bonds. The fourth-order valence-corrected chi connectivity index (χ4v) is 4.37. The Labute approximate surface area is 199 Å². The lowest BCUT2D eigenvalue weighted by atomic mass is 10.1. The number of anilines is 1. The Bertz CT molecular complexity index is 1160. The SMILES string of the molecule is N#Cc1cc(-c2ccnc(Cc3cccc(N4CCOCC4)c3)n2)ccc1OC1CCOCC1. The highest BCUT2D eigenvalue weighted by Crippen LogP contribution is 2.28. The Balaban J connectivity index is 1.32. The van der Waals surface area contributed by atoms with Crippen LogP contribution < -0.4 is 9.64 Å². The molecule has 2 aromatic carbocycles. The number of nitriles is 1. The van der Waals surface area contributed by atoms with Crippen LogP contribution in [0.4, 0.5) is 5.69 Å². The van der Waals surface area contributed by atoms with Crippen LogP contribution in [0.2, 0.25) is 0 Å². The van der Waals surface area contributed by atoms with Gasteiger partial charge in [0.15, 0.2) is 0 Å². The molecule has 0 bridgehead atoms. The van der Waals surface area contributed by atoms with Crippen molar-refractivity contribution in [1.29, 1.82) is 5.26 Å². The highest BCUT2D eigenvalue weighted by Gasteiger charge is 2.18. The van der Waals surface area contributed by atoms with Gasteiger partial charge in [-0.1, -0.05) is 12.1 Å². The smallest absolute Gasteiger partial charge is 0.137 e. The first-order valence-corrected chi connectivity index (χ1v) is 11.8. The van der Waals surface area contributed by atoms with E-state index in [1.165, 1.54) is 11.3 Å². The van der Waals surface area contributed by atoms with E-state index in [0.29, 0.717) is 30.9 Å². The first-order valence-electron chi connectivity index (χ1n) is 11.8. The maximum absolute atomic E-state index is 9.70. The van der Waals surface area contributed by atoms with E-state index in [0.717, 1.165) is 56.2 Å². The maximum atomic E-state index is 9.70. The van der Waals surface area contributed by atoms with Crippen LogP contribution in [0.3, 0.4) is 0 Å². The topological polar surface area (TPSA) is 80.5 Å². The number of hydrogen-bond donors (Lipinski definition) is 0. The second kappa shape index (κ2) is 10.6. The summed E-state index contributed by atoms with van der Waals surface area (Å²) in [5.74, 6) is 1.37. The van der Waals surface area contributed by atoms with E-state index in [9.17, 15) is 5.26 Å². The summed E-state index contributed by atoms with van der Waals surface area (Å²) in [5, 5.41) is 9.70. The van der Waals surface area contributed by atoms with Crippen molar-refractivity contribution in [2.24, 2.45) is 0 Å². The van der Waals surface area contributed by atoms with Crippen LogP contribution >= 0.6 is 0 Å². The van der Waals surface area contributed by atoms with Crippen LogP contribution in [-0.2, 0) is 15.9 Å². The normalized spacial score (nSPS) is 16.7. The van der Waals surface area contributed by atoms with Crippen LogP contribution in [0.15, 0.2) is 54.7 Å². The van der Waals surface area contributed by atoms with E-state index in [4.69, 9.17) is 19.2 Å². The molecule has 3 heterocycles. The van der Waals surface area contributed by atoms with Gasteiger partial charge >= 0.3 is 0 Å². The Morgan fingerprint density at radius 2 is 1.82 bits per heavy atom. The molecule has 5 rings (SSSR count). The molecule has 2 aliphatic heterocycles. The lowest BCUT2D eigenvalue weighted by Gasteiger charge is -2.29. The van der Waals surface area contributed by atoms with Crippen molar-refractivity contribution in [3.05, 3.63) is 71.7 Å². The van der Waals surface area contributed by atoms with E-state index in [1.54, 1.807) is 6.20 Å². The van der Waals surface area contributed by atoms with E-state index >= 15 is 0 Å². The monoisotopic (exact) mass is 456 g/mol. The fraction of sp³-hybridized carbons (Fsp3) is 0.370. The zero-order chi connectivity index (χ0) is 23.2. The van der Waals surface area contributed by atoms with E-state index in [2.05, 4.69) is 40.2 Å². The van der Waals surface area contributed by atoms with Crippen molar-refractivity contribution in [2.75, 3.05) is 44.4 Å². The number of hydrogen-bond acceptors (Lipinski definition) is 7. The van der Waals surface area contributed by atoms with Crippen LogP contribution in [0.1, 0.15) is 29.8 Å². The van der Waals surface area contributed by atoms with Crippen LogP contribution in [0.25, 0.3) is 11.3 Å². The molecule has 0 unspecified atom stereocenters. The van der Waals surface area contributed by atoms with Gasteiger partial charge in [0, 0.05) is 49.8 Å². The summed E-state index contributed by atoms with van der Waals surface area (Å²) in [6.45, 7) is 4.74. The van der Waals surface area contributed by atoms with Crippen molar-refractivity contribution < 1.29 is 14.2 Å². The molecular weight excluding hydrogens is 428 g/mol. The number of aromatic nitrogens is 2. The first kappa shape index (κ1) is 22.3. The van der Waals surface area contributed by atoms with Gasteiger partial charge in [-0.2, -0.15) is 5.26 Å². The summed E-state index contributed by atoms with van der Waals surface area (Å²) in [6, 6.07) is 18.4. The Morgan fingerprint density at radius 1 is 1.00 bits per heavy atom. The molecule has 3 aromatic rings. The Morgan fingerprint density at radius 3 is 2.65 bits per heavy atom. The molecular formula is C27H28N4O3. The van der Waals surface area contributed by atoms with Crippen molar-refractivity contribution >= 4 is 5.69 Å². The standard InChI is InChI=1S/C27H28N4O3/c28-19-22-18-21(4-5-26(22)34-24-7-12-32-13-8-24)25-6-9-29-27(30-25)17-20-2-1-3-23(16-20)31-10-14-33-15-11-31/h1-6,9,16,18,24H,7-8,10-15,17H2. The fourth-order valence-electron chi connectivity index (χ4n) is 4.37. The highest BCUT2D eigenvalue weighted by atomic mass is 16.5. The van der Waals surface area contributed by atoms with Gasteiger partial charge in [-0.05, 0) is 42.0 Å². The van der Waals surface area contributed by atoms with Crippen molar-refractivity contribution in [3.8, 4) is 23.1 Å². The van der Waals surface area contributed by atoms with Crippen LogP contribution in [-0.4, -0.2) is 55.6 Å². The summed E-state index contributed by atoms with van der Waals surface area (Å²) in [4.78, 5) is 11.6. The predicted octanol–water partition coefficient (Wildman–Crippen LogP) is 4.00. The third-order valence-corrected chi connectivity index (χ3v) is 6.21. The van der Waals surface area contributed by atoms with Crippen molar-refractivity contribution in [3.63, 3.8) is 0 Å². The lowest BCUT2D eigenvalue weighted by Crippen LogP contribution is -2.36. The van der Waals surface area contributed by atoms with E-state index < -0.39 is 0 Å². The van der Waals surface area contributed by atoms with Crippen molar-refractivity contribution in [2.45, 2.75) is 25.4 Å². The van der Waals surface area contributed by atoms with Gasteiger partial charge in [0.25, 0.3) is 0 Å². The van der Waals surface area contributed by atoms with Crippen LogP contribution in [0, 0.1) is 11.3 Å². The molecule has 0 aliphatic carbocycles. The average molecular weight is 457 g/mol. The Hall–Kier alpha value is -3.47. The number of rotatable bonds is 6. The minimum atomic E-state index is 0.0885. The largest absolute Gasteiger partial charge is 0.489 e. The minimum absolute atomic E-state index is 0.0885. The average Bonchev–Trinajstić information content (AvgIpc) is 2.90. The molecule has 0 saturated carbocycles. The van der Waals surface area contributed by atoms with Crippen molar-refractivity contribution in [1.82, 2.24) is 9.97 Å². The molecule has 174 valence electrons. The summed E-state index contributed by atoms with van der Waals surface area (Å²) in [6.07, 6.45) is 4.19. The number of morpholine rings is 1. The molecule has 0 N–H and O–H groups in total. The second-order valence-corrected chi connectivity index (χ2v) is 8.56. The molecule has 2 saturated heterocycles. The summed E-state index contributed by atoms with van der Waals surface area (Å²) in [5.41, 5.74) is 4.56. The third kappa shape index (κ3) is 5.36. The molecule has 7 heteroatoms. The molecule has 7 nitrogen and oxygen atoms in total. The maximum Gasteiger partial charge on any atom is 0.137 e. The molecule has 0 radical (unpaired) electrons. The number of nitrogens with zero attached hydrogens (tertiary/aromatic N) is 4.